The van der Waals surface area contributed by atoms with Crippen molar-refractivity contribution in [3.8, 4) is 0 Å². The van der Waals surface area contributed by atoms with Crippen molar-refractivity contribution in [3.63, 3.8) is 0 Å². The number of nitrogens with zero attached hydrogens (tertiary/aromatic N) is 4. The average molecular weight is 258 g/mol. The Morgan fingerprint density at radius 2 is 2.11 bits per heavy atom. The molecule has 0 aliphatic rings. The number of hydrogen-bond acceptors (Lipinski definition) is 6. The maximum atomic E-state index is 5.56. The number of rotatable bonds is 5. The minimum Gasteiger partial charge on any atom is -0.358 e. The highest BCUT2D eigenvalue weighted by Gasteiger charge is 2.06. The van der Waals surface area contributed by atoms with E-state index >= 15 is 0 Å². The van der Waals surface area contributed by atoms with Crippen LogP contribution in [-0.2, 0) is 0 Å². The first-order valence-corrected chi connectivity index (χ1v) is 6.14. The van der Waals surface area contributed by atoms with Gasteiger partial charge in [-0.3, -0.25) is 0 Å². The largest absolute Gasteiger partial charge is 0.358 e. The van der Waals surface area contributed by atoms with Gasteiger partial charge in [-0.05, 0) is 19.1 Å². The molecule has 0 aliphatic carbocycles. The molecule has 0 saturated heterocycles. The molecule has 0 fully saturated rings. The summed E-state index contributed by atoms with van der Waals surface area (Å²) in [5.41, 5.74) is 5.56. The highest BCUT2D eigenvalue weighted by Crippen LogP contribution is 2.17. The molecular formula is C13H18N6. The Hall–Kier alpha value is -2.21. The van der Waals surface area contributed by atoms with Crippen LogP contribution in [0.2, 0.25) is 0 Å². The number of aromatic nitrogens is 3. The second-order valence-electron chi connectivity index (χ2n) is 4.21. The lowest BCUT2D eigenvalue weighted by Gasteiger charge is -2.18. The SMILES string of the molecule is Cc1nc(Nc2ccccn2)cc(N(C)CCN)n1. The average Bonchev–Trinajstić information content (AvgIpc) is 2.39. The number of nitrogens with two attached hydrogens (primary N) is 1. The molecule has 0 amide bonds. The zero-order chi connectivity index (χ0) is 13.7. The highest BCUT2D eigenvalue weighted by atomic mass is 15.2. The summed E-state index contributed by atoms with van der Waals surface area (Å²) in [4.78, 5) is 15.0. The molecule has 0 radical (unpaired) electrons. The summed E-state index contributed by atoms with van der Waals surface area (Å²) >= 11 is 0. The fraction of sp³-hybridized carbons (Fsp3) is 0.308. The van der Waals surface area contributed by atoms with Crippen molar-refractivity contribution in [1.29, 1.82) is 0 Å². The van der Waals surface area contributed by atoms with Gasteiger partial charge in [0, 0.05) is 32.4 Å². The van der Waals surface area contributed by atoms with Crippen LogP contribution in [-0.4, -0.2) is 35.1 Å². The Morgan fingerprint density at radius 1 is 1.26 bits per heavy atom. The van der Waals surface area contributed by atoms with E-state index < -0.39 is 0 Å². The molecule has 0 spiro atoms. The van der Waals surface area contributed by atoms with Crippen LogP contribution >= 0.6 is 0 Å². The summed E-state index contributed by atoms with van der Waals surface area (Å²) in [6.45, 7) is 3.20. The maximum Gasteiger partial charge on any atom is 0.137 e. The third kappa shape index (κ3) is 3.62. The Kier molecular flexibility index (Phi) is 4.25. The lowest BCUT2D eigenvalue weighted by Crippen LogP contribution is -2.26. The van der Waals surface area contributed by atoms with Crippen molar-refractivity contribution in [2.45, 2.75) is 6.92 Å². The van der Waals surface area contributed by atoms with Crippen molar-refractivity contribution in [2.24, 2.45) is 5.73 Å². The van der Waals surface area contributed by atoms with Gasteiger partial charge >= 0.3 is 0 Å². The minimum absolute atomic E-state index is 0.586. The predicted molar refractivity (Wildman–Crippen MR) is 76.6 cm³/mol. The molecule has 100 valence electrons. The van der Waals surface area contributed by atoms with Gasteiger partial charge in [0.1, 0.15) is 23.3 Å². The van der Waals surface area contributed by atoms with Crippen LogP contribution in [0.25, 0.3) is 0 Å². The van der Waals surface area contributed by atoms with Crippen LogP contribution in [0.4, 0.5) is 17.5 Å². The number of aryl methyl sites for hydroxylation is 1. The van der Waals surface area contributed by atoms with Gasteiger partial charge < -0.3 is 16.0 Å². The molecule has 2 aromatic heterocycles. The molecule has 0 aliphatic heterocycles. The molecule has 0 saturated carbocycles. The van der Waals surface area contributed by atoms with Crippen LogP contribution in [0.15, 0.2) is 30.5 Å². The highest BCUT2D eigenvalue weighted by molar-refractivity contribution is 5.56. The Bertz CT molecular complexity index is 528. The number of nitrogens with one attached hydrogen (secondary N) is 1. The number of pyridine rings is 1. The zero-order valence-electron chi connectivity index (χ0n) is 11.2. The smallest absolute Gasteiger partial charge is 0.137 e. The van der Waals surface area contributed by atoms with E-state index in [0.717, 1.165) is 24.0 Å². The van der Waals surface area contributed by atoms with Crippen LogP contribution < -0.4 is 16.0 Å². The van der Waals surface area contributed by atoms with Gasteiger partial charge in [-0.2, -0.15) is 0 Å². The fourth-order valence-corrected chi connectivity index (χ4v) is 1.69. The van der Waals surface area contributed by atoms with E-state index in [-0.39, 0.29) is 0 Å². The maximum absolute atomic E-state index is 5.56. The molecule has 0 aromatic carbocycles. The number of anilines is 3. The molecule has 0 bridgehead atoms. The van der Waals surface area contributed by atoms with Gasteiger partial charge in [-0.1, -0.05) is 6.07 Å². The lowest BCUT2D eigenvalue weighted by molar-refractivity contribution is 0.857. The van der Waals surface area contributed by atoms with E-state index in [1.54, 1.807) is 6.20 Å². The number of likely N-dealkylation sites (N-methyl/N-ethyl adjacent to an activating group) is 1. The normalized spacial score (nSPS) is 10.3. The first-order valence-electron chi connectivity index (χ1n) is 6.14. The number of hydrogen-bond donors (Lipinski definition) is 2. The molecule has 0 atom stereocenters. The van der Waals surface area contributed by atoms with E-state index in [9.17, 15) is 0 Å². The van der Waals surface area contributed by atoms with Gasteiger partial charge in [0.05, 0.1) is 0 Å². The minimum atomic E-state index is 0.586. The van der Waals surface area contributed by atoms with E-state index in [2.05, 4.69) is 20.3 Å². The fourth-order valence-electron chi connectivity index (χ4n) is 1.69. The Labute approximate surface area is 112 Å². The van der Waals surface area contributed by atoms with Gasteiger partial charge in [0.25, 0.3) is 0 Å². The Balaban J connectivity index is 2.21. The lowest BCUT2D eigenvalue weighted by atomic mass is 10.4. The molecule has 19 heavy (non-hydrogen) atoms. The second kappa shape index (κ2) is 6.10. The van der Waals surface area contributed by atoms with E-state index in [4.69, 9.17) is 5.73 Å². The van der Waals surface area contributed by atoms with Crippen molar-refractivity contribution in [1.82, 2.24) is 15.0 Å². The monoisotopic (exact) mass is 258 g/mol. The third-order valence-corrected chi connectivity index (χ3v) is 2.60. The quantitative estimate of drug-likeness (QED) is 0.842. The molecule has 0 unspecified atom stereocenters. The second-order valence-corrected chi connectivity index (χ2v) is 4.21. The summed E-state index contributed by atoms with van der Waals surface area (Å²) in [6.07, 6.45) is 1.73. The van der Waals surface area contributed by atoms with Gasteiger partial charge in [-0.15, -0.1) is 0 Å². The van der Waals surface area contributed by atoms with Crippen LogP contribution in [0, 0.1) is 6.92 Å². The summed E-state index contributed by atoms with van der Waals surface area (Å²) in [5, 5.41) is 3.16. The molecule has 6 heteroatoms. The zero-order valence-corrected chi connectivity index (χ0v) is 11.2. The van der Waals surface area contributed by atoms with Crippen molar-refractivity contribution >= 4 is 17.5 Å². The van der Waals surface area contributed by atoms with E-state index in [1.165, 1.54) is 0 Å². The molecule has 2 rings (SSSR count). The molecule has 3 N–H and O–H groups in total. The summed E-state index contributed by atoms with van der Waals surface area (Å²) < 4.78 is 0. The Morgan fingerprint density at radius 3 is 2.79 bits per heavy atom. The van der Waals surface area contributed by atoms with Gasteiger partial charge in [0.15, 0.2) is 0 Å². The van der Waals surface area contributed by atoms with Crippen molar-refractivity contribution in [3.05, 3.63) is 36.3 Å². The van der Waals surface area contributed by atoms with Crippen molar-refractivity contribution < 1.29 is 0 Å². The van der Waals surface area contributed by atoms with Gasteiger partial charge in [-0.25, -0.2) is 15.0 Å². The summed E-state index contributed by atoms with van der Waals surface area (Å²) in [7, 11) is 1.96. The first-order chi connectivity index (χ1) is 9.19. The standard InChI is InChI=1S/C13H18N6/c1-10-16-12(18-11-5-3-4-7-15-11)9-13(17-10)19(2)8-6-14/h3-5,7,9H,6,8,14H2,1-2H3,(H,15,16,17,18). The van der Waals surface area contributed by atoms with Crippen LogP contribution in [0.1, 0.15) is 5.82 Å². The topological polar surface area (TPSA) is 80.0 Å². The molecular weight excluding hydrogens is 240 g/mol. The predicted octanol–water partition coefficient (Wildman–Crippen LogP) is 1.32. The van der Waals surface area contributed by atoms with Crippen LogP contribution in [0.5, 0.6) is 0 Å². The van der Waals surface area contributed by atoms with Crippen molar-refractivity contribution in [2.75, 3.05) is 30.4 Å². The molecule has 2 aromatic rings. The van der Waals surface area contributed by atoms with Gasteiger partial charge in [0.2, 0.25) is 0 Å². The molecule has 2 heterocycles. The summed E-state index contributed by atoms with van der Waals surface area (Å²) in [5.74, 6) is 3.04. The van der Waals surface area contributed by atoms with E-state index in [0.29, 0.717) is 12.4 Å². The van der Waals surface area contributed by atoms with E-state index in [1.807, 2.05) is 43.1 Å². The van der Waals surface area contributed by atoms with Crippen LogP contribution in [0.3, 0.4) is 0 Å². The first kappa shape index (κ1) is 13.2. The molecule has 6 nitrogen and oxygen atoms in total. The summed E-state index contributed by atoms with van der Waals surface area (Å²) in [6, 6.07) is 7.57. The third-order valence-electron chi connectivity index (χ3n) is 2.60.